The Morgan fingerprint density at radius 1 is 1.40 bits per heavy atom. The first-order valence-corrected chi connectivity index (χ1v) is 6.53. The third-order valence-corrected chi connectivity index (χ3v) is 3.29. The molecule has 0 spiro atoms. The van der Waals surface area contributed by atoms with Crippen molar-refractivity contribution in [3.63, 3.8) is 0 Å². The SMILES string of the molecule is CNC(C)c1ccc(OCC(C)(C)C(=O)O)c(OC)c1. The molecule has 0 amide bonds. The van der Waals surface area contributed by atoms with Crippen molar-refractivity contribution in [3.05, 3.63) is 23.8 Å². The first kappa shape index (κ1) is 16.3. The Kier molecular flexibility index (Phi) is 5.39. The molecule has 5 heteroatoms. The second kappa shape index (κ2) is 6.61. The van der Waals surface area contributed by atoms with Gasteiger partial charge in [-0.15, -0.1) is 0 Å². The highest BCUT2D eigenvalue weighted by atomic mass is 16.5. The lowest BCUT2D eigenvalue weighted by Crippen LogP contribution is -2.30. The minimum atomic E-state index is -0.943. The van der Waals surface area contributed by atoms with Gasteiger partial charge in [-0.25, -0.2) is 0 Å². The van der Waals surface area contributed by atoms with Crippen LogP contribution in [0.4, 0.5) is 0 Å². The van der Waals surface area contributed by atoms with Crippen LogP contribution >= 0.6 is 0 Å². The molecule has 0 saturated carbocycles. The van der Waals surface area contributed by atoms with Gasteiger partial charge in [0.05, 0.1) is 12.5 Å². The Hall–Kier alpha value is -1.75. The highest BCUT2D eigenvalue weighted by Gasteiger charge is 2.28. The van der Waals surface area contributed by atoms with Crippen molar-refractivity contribution in [1.29, 1.82) is 0 Å². The number of carbonyl (C=O) groups is 1. The smallest absolute Gasteiger partial charge is 0.312 e. The van der Waals surface area contributed by atoms with Gasteiger partial charge in [0.1, 0.15) is 6.61 Å². The zero-order valence-electron chi connectivity index (χ0n) is 12.7. The van der Waals surface area contributed by atoms with Crippen LogP contribution in [0.3, 0.4) is 0 Å². The fraction of sp³-hybridized carbons (Fsp3) is 0.533. The Morgan fingerprint density at radius 2 is 2.05 bits per heavy atom. The zero-order chi connectivity index (χ0) is 15.3. The van der Waals surface area contributed by atoms with E-state index in [2.05, 4.69) is 5.32 Å². The molecule has 0 radical (unpaired) electrons. The summed E-state index contributed by atoms with van der Waals surface area (Å²) < 4.78 is 10.9. The molecule has 2 N–H and O–H groups in total. The summed E-state index contributed by atoms with van der Waals surface area (Å²) in [4.78, 5) is 11.1. The van der Waals surface area contributed by atoms with Gasteiger partial charge in [0.15, 0.2) is 11.5 Å². The predicted octanol–water partition coefficient (Wildman–Crippen LogP) is 2.47. The number of carboxylic acids is 1. The van der Waals surface area contributed by atoms with Gasteiger partial charge in [-0.2, -0.15) is 0 Å². The van der Waals surface area contributed by atoms with Crippen LogP contribution in [0.1, 0.15) is 32.4 Å². The molecule has 1 aromatic carbocycles. The van der Waals surface area contributed by atoms with E-state index in [-0.39, 0.29) is 12.6 Å². The van der Waals surface area contributed by atoms with Gasteiger partial charge in [-0.05, 0) is 45.5 Å². The fourth-order valence-corrected chi connectivity index (χ4v) is 1.56. The largest absolute Gasteiger partial charge is 0.493 e. The van der Waals surface area contributed by atoms with E-state index in [9.17, 15) is 4.79 Å². The van der Waals surface area contributed by atoms with Crippen LogP contribution in [0.2, 0.25) is 0 Å². The second-order valence-electron chi connectivity index (χ2n) is 5.40. The van der Waals surface area contributed by atoms with Crippen molar-refractivity contribution < 1.29 is 19.4 Å². The van der Waals surface area contributed by atoms with E-state index < -0.39 is 11.4 Å². The van der Waals surface area contributed by atoms with Crippen molar-refractivity contribution in [2.75, 3.05) is 20.8 Å². The van der Waals surface area contributed by atoms with Gasteiger partial charge < -0.3 is 19.9 Å². The van der Waals surface area contributed by atoms with Crippen LogP contribution < -0.4 is 14.8 Å². The first-order chi connectivity index (χ1) is 9.31. The molecular formula is C15H23NO4. The maximum absolute atomic E-state index is 11.1. The van der Waals surface area contributed by atoms with E-state index in [4.69, 9.17) is 14.6 Å². The van der Waals surface area contributed by atoms with Crippen molar-refractivity contribution >= 4 is 5.97 Å². The Balaban J connectivity index is 2.88. The molecule has 1 atom stereocenters. The molecule has 0 aliphatic rings. The maximum Gasteiger partial charge on any atom is 0.312 e. The molecule has 0 bridgehead atoms. The summed E-state index contributed by atoms with van der Waals surface area (Å²) in [6.45, 7) is 5.38. The molecule has 1 aromatic rings. The van der Waals surface area contributed by atoms with Crippen LogP contribution in [-0.4, -0.2) is 31.8 Å². The molecule has 0 fully saturated rings. The fourth-order valence-electron chi connectivity index (χ4n) is 1.56. The maximum atomic E-state index is 11.1. The quantitative estimate of drug-likeness (QED) is 0.803. The predicted molar refractivity (Wildman–Crippen MR) is 77.4 cm³/mol. The number of nitrogens with one attached hydrogen (secondary N) is 1. The number of hydrogen-bond donors (Lipinski definition) is 2. The van der Waals surface area contributed by atoms with Crippen LogP contribution in [0.15, 0.2) is 18.2 Å². The van der Waals surface area contributed by atoms with Crippen LogP contribution in [0, 0.1) is 5.41 Å². The average molecular weight is 281 g/mol. The Bertz CT molecular complexity index is 471. The van der Waals surface area contributed by atoms with E-state index in [0.717, 1.165) is 5.56 Å². The van der Waals surface area contributed by atoms with Crippen molar-refractivity contribution in [3.8, 4) is 11.5 Å². The van der Waals surface area contributed by atoms with Gasteiger partial charge >= 0.3 is 5.97 Å². The van der Waals surface area contributed by atoms with Gasteiger partial charge in [0.2, 0.25) is 0 Å². The number of carboxylic acid groups (broad SMARTS) is 1. The normalized spacial score (nSPS) is 12.8. The molecule has 5 nitrogen and oxygen atoms in total. The van der Waals surface area contributed by atoms with E-state index in [1.807, 2.05) is 26.1 Å². The molecule has 1 rings (SSSR count). The van der Waals surface area contributed by atoms with E-state index in [1.165, 1.54) is 0 Å². The summed E-state index contributed by atoms with van der Waals surface area (Å²) in [5, 5.41) is 12.2. The number of rotatable bonds is 7. The highest BCUT2D eigenvalue weighted by molar-refractivity contribution is 5.73. The lowest BCUT2D eigenvalue weighted by molar-refractivity contribution is -0.148. The van der Waals surface area contributed by atoms with Gasteiger partial charge in [-0.1, -0.05) is 6.07 Å². The topological polar surface area (TPSA) is 67.8 Å². The number of methoxy groups -OCH3 is 1. The molecule has 0 heterocycles. The third kappa shape index (κ3) is 3.87. The lowest BCUT2D eigenvalue weighted by Gasteiger charge is -2.21. The summed E-state index contributed by atoms with van der Waals surface area (Å²) in [5.74, 6) is 0.261. The summed E-state index contributed by atoms with van der Waals surface area (Å²) in [7, 11) is 3.45. The Labute approximate surface area is 119 Å². The molecule has 20 heavy (non-hydrogen) atoms. The summed E-state index contributed by atoms with van der Waals surface area (Å²) in [5.41, 5.74) is 0.135. The number of benzene rings is 1. The van der Waals surface area contributed by atoms with Crippen molar-refractivity contribution in [2.45, 2.75) is 26.8 Å². The van der Waals surface area contributed by atoms with Crippen molar-refractivity contribution in [2.24, 2.45) is 5.41 Å². The van der Waals surface area contributed by atoms with Crippen LogP contribution in [0.5, 0.6) is 11.5 Å². The monoisotopic (exact) mass is 281 g/mol. The van der Waals surface area contributed by atoms with E-state index in [1.54, 1.807) is 27.0 Å². The summed E-state index contributed by atoms with van der Waals surface area (Å²) in [6.07, 6.45) is 0. The zero-order valence-corrected chi connectivity index (χ0v) is 12.7. The number of hydrogen-bond acceptors (Lipinski definition) is 4. The first-order valence-electron chi connectivity index (χ1n) is 6.53. The summed E-state index contributed by atoms with van der Waals surface area (Å²) in [6, 6.07) is 5.84. The van der Waals surface area contributed by atoms with Gasteiger partial charge in [0, 0.05) is 6.04 Å². The molecule has 0 aliphatic heterocycles. The molecule has 0 saturated heterocycles. The van der Waals surface area contributed by atoms with Crippen molar-refractivity contribution in [1.82, 2.24) is 5.32 Å². The van der Waals surface area contributed by atoms with E-state index >= 15 is 0 Å². The molecule has 1 unspecified atom stereocenters. The Morgan fingerprint density at radius 3 is 2.55 bits per heavy atom. The molecule has 0 aromatic heterocycles. The molecule has 0 aliphatic carbocycles. The summed E-state index contributed by atoms with van der Waals surface area (Å²) >= 11 is 0. The minimum Gasteiger partial charge on any atom is -0.493 e. The van der Waals surface area contributed by atoms with Gasteiger partial charge in [0.25, 0.3) is 0 Å². The molecular weight excluding hydrogens is 258 g/mol. The van der Waals surface area contributed by atoms with Crippen LogP contribution in [-0.2, 0) is 4.79 Å². The molecule has 112 valence electrons. The highest BCUT2D eigenvalue weighted by Crippen LogP contribution is 2.31. The number of aliphatic carboxylic acids is 1. The average Bonchev–Trinajstić information content (AvgIpc) is 2.43. The second-order valence-corrected chi connectivity index (χ2v) is 5.40. The standard InChI is InChI=1S/C15H23NO4/c1-10(16-4)11-6-7-12(13(8-11)19-5)20-9-15(2,3)14(17)18/h6-8,10,16H,9H2,1-5H3,(H,17,18). The third-order valence-electron chi connectivity index (χ3n) is 3.29. The van der Waals surface area contributed by atoms with Gasteiger partial charge in [-0.3, -0.25) is 4.79 Å². The van der Waals surface area contributed by atoms with E-state index in [0.29, 0.717) is 11.5 Å². The minimum absolute atomic E-state index is 0.0830. The number of ether oxygens (including phenoxy) is 2. The lowest BCUT2D eigenvalue weighted by atomic mass is 9.95. The van der Waals surface area contributed by atoms with Crippen LogP contribution in [0.25, 0.3) is 0 Å².